The molecule has 8 atom stereocenters. The Balaban J connectivity index is 0.000000246. The number of benzene rings is 4. The number of β-amino-alcohol motifs (C(OH)–C–C–N with tert-alkyl or cyclic N) is 1. The van der Waals surface area contributed by atoms with Crippen molar-refractivity contribution in [1.82, 2.24) is 25.2 Å². The lowest BCUT2D eigenvalue weighted by molar-refractivity contribution is -0.132. The van der Waals surface area contributed by atoms with Crippen LogP contribution >= 0.6 is 11.8 Å². The Morgan fingerprint density at radius 3 is 2.16 bits per heavy atom. The van der Waals surface area contributed by atoms with Crippen LogP contribution in [-0.2, 0) is 30.7 Å². The second-order valence-electron chi connectivity index (χ2n) is 21.7. The molecule has 16 nitrogen and oxygen atoms in total. The predicted molar refractivity (Wildman–Crippen MR) is 294 cm³/mol. The normalized spacial score (nSPS) is 20.7. The molecule has 18 heteroatoms. The van der Waals surface area contributed by atoms with E-state index < -0.39 is 40.4 Å². The summed E-state index contributed by atoms with van der Waals surface area (Å²) in [5.41, 5.74) is 7.60. The number of carbonyl (C=O) groups excluding carboxylic acids is 3. The van der Waals surface area contributed by atoms with Crippen LogP contribution in [0, 0.1) is 24.7 Å². The molecule has 8 N–H and O–H groups in total. The molecule has 3 aliphatic rings. The molecule has 75 heavy (non-hydrogen) atoms. The zero-order valence-electron chi connectivity index (χ0n) is 44.4. The van der Waals surface area contributed by atoms with Crippen LogP contribution < -0.4 is 21.7 Å². The van der Waals surface area contributed by atoms with Crippen LogP contribution in [0.4, 0.5) is 10.5 Å². The molecule has 4 aromatic carbocycles. The summed E-state index contributed by atoms with van der Waals surface area (Å²) >= 11 is 1.57. The summed E-state index contributed by atoms with van der Waals surface area (Å²) in [6.45, 7) is 13.4. The third-order valence-corrected chi connectivity index (χ3v) is 16.9. The maximum absolute atomic E-state index is 13.5. The first-order chi connectivity index (χ1) is 35.7. The van der Waals surface area contributed by atoms with E-state index in [0.29, 0.717) is 67.0 Å². The first-order valence-corrected chi connectivity index (χ1v) is 28.7. The molecule has 2 saturated heterocycles. The van der Waals surface area contributed by atoms with Gasteiger partial charge in [-0.3, -0.25) is 14.5 Å². The van der Waals surface area contributed by atoms with Crippen molar-refractivity contribution in [3.8, 4) is 5.75 Å². The molecule has 410 valence electrons. The number of sulfonamides is 1. The minimum Gasteiger partial charge on any atom is -0.508 e. The van der Waals surface area contributed by atoms with E-state index in [0.717, 1.165) is 36.3 Å². The number of hydrogen-bond donors (Lipinski definition) is 7. The Bertz CT molecular complexity index is 2550. The van der Waals surface area contributed by atoms with E-state index in [1.807, 2.05) is 95.3 Å². The van der Waals surface area contributed by atoms with Gasteiger partial charge in [-0.1, -0.05) is 87.7 Å². The van der Waals surface area contributed by atoms with Crippen molar-refractivity contribution in [2.24, 2.45) is 17.8 Å². The number of rotatable bonds is 20. The maximum Gasteiger partial charge on any atom is 0.407 e. The van der Waals surface area contributed by atoms with Crippen molar-refractivity contribution < 1.29 is 47.6 Å². The number of likely N-dealkylation sites (tertiary alicyclic amines) is 1. The Morgan fingerprint density at radius 1 is 0.853 bits per heavy atom. The molecule has 7 rings (SSSR count). The number of fused-ring (bicyclic) bond motifs is 1. The van der Waals surface area contributed by atoms with Gasteiger partial charge in [0.2, 0.25) is 15.9 Å². The van der Waals surface area contributed by atoms with Crippen LogP contribution in [-0.4, -0.2) is 138 Å². The summed E-state index contributed by atoms with van der Waals surface area (Å²) < 4.78 is 38.7. The number of nitrogen functional groups attached to an aromatic ring is 1. The highest BCUT2D eigenvalue weighted by atomic mass is 32.2. The van der Waals surface area contributed by atoms with E-state index in [1.54, 1.807) is 36.9 Å². The van der Waals surface area contributed by atoms with E-state index in [4.69, 9.17) is 15.2 Å². The van der Waals surface area contributed by atoms with Gasteiger partial charge < -0.3 is 46.5 Å². The van der Waals surface area contributed by atoms with Crippen molar-refractivity contribution in [3.63, 3.8) is 0 Å². The minimum atomic E-state index is -3.90. The minimum absolute atomic E-state index is 0.0124. The van der Waals surface area contributed by atoms with Crippen molar-refractivity contribution in [2.45, 2.75) is 138 Å². The van der Waals surface area contributed by atoms with Gasteiger partial charge >= 0.3 is 6.09 Å². The Labute approximate surface area is 448 Å². The van der Waals surface area contributed by atoms with Crippen molar-refractivity contribution in [1.29, 1.82) is 0 Å². The molecule has 1 aliphatic carbocycles. The molecule has 4 aromatic rings. The van der Waals surface area contributed by atoms with E-state index >= 15 is 0 Å². The fourth-order valence-electron chi connectivity index (χ4n) is 9.96. The van der Waals surface area contributed by atoms with Crippen molar-refractivity contribution in [3.05, 3.63) is 120 Å². The molecular weight excluding hydrogens is 993 g/mol. The number of ether oxygens (including phenoxy) is 2. The van der Waals surface area contributed by atoms with Gasteiger partial charge in [0.1, 0.15) is 11.9 Å². The average Bonchev–Trinajstić information content (AvgIpc) is 3.88. The number of thioether (sulfide) groups is 1. The number of hydrogen-bond acceptors (Lipinski definition) is 13. The number of aliphatic hydroxyl groups excluding tert-OH is 2. The standard InChI is InChI=1S/C32H45N3O4S.C25H35N3O6S/c1-21-25(15-10-16-28(21)36)30(38)33-26(20-40-24-13-6-5-7-14-24)29(37)19-35-18-23-12-9-8-11-22(23)17-27(35)31(39)34-32(2,3)4;1-18(2)15-28(35(31,32)22-10-8-20(26)9-11-22)16-24(29)23(14-19-6-4-3-5-7-19)27-25(30)34-21-12-13-33-17-21/h5-7,10,13-16,22-23,26-27,29,36-37H,8-9,11-12,17-20H2,1-4H3,(H,33,38)(H,34,39);3-11,18,21,23-24,29H,12-17,26H2,1-2H3,(H,27,30)/t22-,23+,26-,27-,29+;21-,23-,24+/m00/s1. The second-order valence-corrected chi connectivity index (χ2v) is 24.7. The average molecular weight is 1070 g/mol. The number of carbonyl (C=O) groups is 3. The van der Waals surface area contributed by atoms with Crippen LogP contribution in [0.2, 0.25) is 0 Å². The number of phenolic OH excluding ortho intramolecular Hbond substituents is 1. The SMILES string of the molecule is CC(C)CN(C[C@@H](O)[C@H](Cc1ccccc1)NC(=O)O[C@H]1CCOC1)S(=O)(=O)c1ccc(N)cc1.Cc1c(O)cccc1C(=O)N[C@@H](CSc1ccccc1)[C@H](O)CN1C[C@H]2CCCC[C@H]2C[C@H]1C(=O)NC(C)(C)C. The zero-order valence-corrected chi connectivity index (χ0v) is 46.0. The number of aliphatic hydroxyl groups is 2. The molecular formula is C57H80N6O10S2. The largest absolute Gasteiger partial charge is 0.508 e. The summed E-state index contributed by atoms with van der Waals surface area (Å²) in [7, 11) is -3.90. The third kappa shape index (κ3) is 17.9. The van der Waals surface area contributed by atoms with Crippen molar-refractivity contribution >= 4 is 45.4 Å². The van der Waals surface area contributed by atoms with Gasteiger partial charge in [-0.2, -0.15) is 4.31 Å². The molecule has 1 saturated carbocycles. The van der Waals surface area contributed by atoms with Gasteiger partial charge in [-0.25, -0.2) is 13.2 Å². The molecule has 0 bridgehead atoms. The summed E-state index contributed by atoms with van der Waals surface area (Å²) in [6.07, 6.45) is 3.39. The molecule has 3 amide bonds. The number of alkyl carbamates (subject to hydrolysis) is 1. The third-order valence-electron chi connectivity index (χ3n) is 13.9. The van der Waals surface area contributed by atoms with E-state index in [2.05, 4.69) is 20.9 Å². The maximum atomic E-state index is 13.5. The number of phenols is 1. The predicted octanol–water partition coefficient (Wildman–Crippen LogP) is 7.15. The van der Waals surface area contributed by atoms with Crippen LogP contribution in [0.5, 0.6) is 5.75 Å². The van der Waals surface area contributed by atoms with E-state index in [9.17, 15) is 38.1 Å². The second kappa shape index (κ2) is 27.7. The highest BCUT2D eigenvalue weighted by Crippen LogP contribution is 2.39. The number of aromatic hydroxyl groups is 1. The molecule has 0 radical (unpaired) electrons. The smallest absolute Gasteiger partial charge is 0.407 e. The first-order valence-electron chi connectivity index (χ1n) is 26.3. The van der Waals surface area contributed by atoms with Crippen LogP contribution in [0.1, 0.15) is 94.6 Å². The summed E-state index contributed by atoms with van der Waals surface area (Å²) in [5, 5.41) is 41.9. The molecule has 2 heterocycles. The topological polar surface area (TPSA) is 233 Å². The number of nitrogens with one attached hydrogen (secondary N) is 3. The van der Waals surface area contributed by atoms with Crippen LogP contribution in [0.15, 0.2) is 113 Å². The van der Waals surface area contributed by atoms with E-state index in [1.165, 1.54) is 41.4 Å². The zero-order chi connectivity index (χ0) is 54.3. The van der Waals surface area contributed by atoms with Gasteiger partial charge in [0.05, 0.1) is 48.4 Å². The molecule has 0 spiro atoms. The van der Waals surface area contributed by atoms with Gasteiger partial charge in [0, 0.05) is 65.6 Å². The number of piperidine rings is 1. The number of nitrogens with zero attached hydrogens (tertiary/aromatic N) is 2. The molecule has 0 aromatic heterocycles. The Hall–Kier alpha value is -5.21. The van der Waals surface area contributed by atoms with Crippen LogP contribution in [0.3, 0.4) is 0 Å². The van der Waals surface area contributed by atoms with Gasteiger partial charge in [0.15, 0.2) is 0 Å². The quantitative estimate of drug-likeness (QED) is 0.0345. The highest BCUT2D eigenvalue weighted by Gasteiger charge is 2.42. The Morgan fingerprint density at radius 2 is 1.52 bits per heavy atom. The fraction of sp³-hybridized carbons (Fsp3) is 0.526. The summed E-state index contributed by atoms with van der Waals surface area (Å²) in [4.78, 5) is 42.7. The lowest BCUT2D eigenvalue weighted by Gasteiger charge is -2.47. The van der Waals surface area contributed by atoms with Gasteiger partial charge in [0.25, 0.3) is 5.91 Å². The number of amides is 3. The highest BCUT2D eigenvalue weighted by molar-refractivity contribution is 7.99. The Kier molecular flexibility index (Phi) is 21.8. The lowest BCUT2D eigenvalue weighted by atomic mass is 9.72. The van der Waals surface area contributed by atoms with Crippen molar-refractivity contribution in [2.75, 3.05) is 50.9 Å². The summed E-state index contributed by atoms with van der Waals surface area (Å²) in [5.74, 6) is 1.28. The number of nitrogens with two attached hydrogens (primary N) is 1. The number of anilines is 1. The van der Waals surface area contributed by atoms with Gasteiger partial charge in [-0.15, -0.1) is 11.8 Å². The fourth-order valence-corrected chi connectivity index (χ4v) is 12.6. The molecule has 3 fully saturated rings. The lowest BCUT2D eigenvalue weighted by Crippen LogP contribution is -2.60. The molecule has 0 unspecified atom stereocenters. The van der Waals surface area contributed by atoms with Crippen LogP contribution in [0.25, 0.3) is 0 Å². The summed E-state index contributed by atoms with van der Waals surface area (Å²) in [6, 6.07) is 28.5. The monoisotopic (exact) mass is 1070 g/mol. The van der Waals surface area contributed by atoms with Gasteiger partial charge in [-0.05, 0) is 119 Å². The molecule has 2 aliphatic heterocycles. The van der Waals surface area contributed by atoms with E-state index in [-0.39, 0.29) is 59.2 Å². The first kappa shape index (κ1) is 59.0.